The second-order valence-corrected chi connectivity index (χ2v) is 7.73. The summed E-state index contributed by atoms with van der Waals surface area (Å²) in [6.45, 7) is 0. The van der Waals surface area contributed by atoms with Crippen LogP contribution in [-0.4, -0.2) is 33.3 Å². The zero-order chi connectivity index (χ0) is 21.5. The van der Waals surface area contributed by atoms with Crippen molar-refractivity contribution in [2.45, 2.75) is 31.3 Å². The largest absolute Gasteiger partial charge is 0.340 e. The van der Waals surface area contributed by atoms with E-state index >= 15 is 0 Å². The predicted octanol–water partition coefficient (Wildman–Crippen LogP) is 1.81. The number of carbonyl (C=O) groups excluding carboxylic acids is 3. The van der Waals surface area contributed by atoms with Crippen molar-refractivity contribution in [1.29, 1.82) is 0 Å². The molecule has 3 amide bonds. The molecule has 1 aliphatic heterocycles. The van der Waals surface area contributed by atoms with Crippen LogP contribution < -0.4 is 21.5 Å². The quantitative estimate of drug-likeness (QED) is 0.598. The molecule has 1 aliphatic carbocycles. The molecular weight excluding hydrogens is 398 g/mol. The summed E-state index contributed by atoms with van der Waals surface area (Å²) in [5, 5.41) is 8.39. The molecule has 1 aromatic heterocycles. The fraction of sp³-hybridized carbons (Fsp3) is 0.227. The van der Waals surface area contributed by atoms with Gasteiger partial charge < -0.3 is 16.0 Å². The normalized spacial score (nSPS) is 18.0. The third-order valence-corrected chi connectivity index (χ3v) is 5.45. The number of fused-ring (bicyclic) bond motifs is 2. The smallest absolute Gasteiger partial charge is 0.261 e. The molecule has 0 unspecified atom stereocenters. The first-order valence-corrected chi connectivity index (χ1v) is 10.0. The van der Waals surface area contributed by atoms with Gasteiger partial charge in [-0.3, -0.25) is 23.7 Å². The Morgan fingerprint density at radius 2 is 1.94 bits per heavy atom. The third kappa shape index (κ3) is 3.65. The zero-order valence-electron chi connectivity index (χ0n) is 16.4. The number of benzene rings is 2. The summed E-state index contributed by atoms with van der Waals surface area (Å²) in [4.78, 5) is 54.5. The standard InChI is InChI=1S/C22H19N5O4/c28-19(10-18-21(30)25-17-4-2-1-3-14(17)20(29)26-18)24-12-5-8-16-15(9-12)22(31)27(11-23-16)13-6-7-13/h1-5,8-9,11,13,18H,6-7,10H2,(H,24,28)(H,25,30)(H,26,29)/t18-/m0/s1. The average molecular weight is 417 g/mol. The molecule has 31 heavy (non-hydrogen) atoms. The molecule has 5 rings (SSSR count). The topological polar surface area (TPSA) is 122 Å². The van der Waals surface area contributed by atoms with E-state index in [2.05, 4.69) is 20.9 Å². The number of amides is 3. The van der Waals surface area contributed by atoms with Crippen molar-refractivity contribution in [3.63, 3.8) is 0 Å². The number of aromatic nitrogens is 2. The molecule has 1 saturated carbocycles. The summed E-state index contributed by atoms with van der Waals surface area (Å²) < 4.78 is 1.62. The Hall–Kier alpha value is -4.01. The second-order valence-electron chi connectivity index (χ2n) is 7.73. The van der Waals surface area contributed by atoms with E-state index in [4.69, 9.17) is 0 Å². The van der Waals surface area contributed by atoms with Crippen molar-refractivity contribution in [3.8, 4) is 0 Å². The molecule has 1 atom stereocenters. The van der Waals surface area contributed by atoms with E-state index in [1.165, 1.54) is 0 Å². The van der Waals surface area contributed by atoms with Crippen LogP contribution in [0.2, 0.25) is 0 Å². The minimum absolute atomic E-state index is 0.142. The summed E-state index contributed by atoms with van der Waals surface area (Å²) >= 11 is 0. The van der Waals surface area contributed by atoms with E-state index in [-0.39, 0.29) is 18.0 Å². The van der Waals surface area contributed by atoms with Gasteiger partial charge in [-0.1, -0.05) is 12.1 Å². The van der Waals surface area contributed by atoms with Gasteiger partial charge in [-0.25, -0.2) is 4.98 Å². The summed E-state index contributed by atoms with van der Waals surface area (Å²) in [5.41, 5.74) is 1.58. The molecule has 1 fully saturated rings. The lowest BCUT2D eigenvalue weighted by molar-refractivity contribution is -0.122. The number of anilines is 2. The van der Waals surface area contributed by atoms with Crippen LogP contribution in [0.4, 0.5) is 11.4 Å². The molecule has 0 radical (unpaired) electrons. The maximum absolute atomic E-state index is 12.7. The highest BCUT2D eigenvalue weighted by molar-refractivity contribution is 6.11. The van der Waals surface area contributed by atoms with Crippen molar-refractivity contribution < 1.29 is 14.4 Å². The molecule has 0 spiro atoms. The van der Waals surface area contributed by atoms with Gasteiger partial charge in [0.2, 0.25) is 11.8 Å². The first-order chi connectivity index (χ1) is 15.0. The Bertz CT molecular complexity index is 1290. The predicted molar refractivity (Wildman–Crippen MR) is 114 cm³/mol. The minimum atomic E-state index is -1.02. The molecule has 2 aliphatic rings. The summed E-state index contributed by atoms with van der Waals surface area (Å²) in [6.07, 6.45) is 3.24. The zero-order valence-corrected chi connectivity index (χ0v) is 16.4. The van der Waals surface area contributed by atoms with Gasteiger partial charge in [-0.2, -0.15) is 0 Å². The first-order valence-electron chi connectivity index (χ1n) is 10.0. The molecule has 2 heterocycles. The van der Waals surface area contributed by atoms with Crippen molar-refractivity contribution in [2.75, 3.05) is 10.6 Å². The molecule has 0 bridgehead atoms. The Morgan fingerprint density at radius 1 is 1.13 bits per heavy atom. The van der Waals surface area contributed by atoms with Gasteiger partial charge in [0.05, 0.1) is 34.9 Å². The Morgan fingerprint density at radius 3 is 2.74 bits per heavy atom. The van der Waals surface area contributed by atoms with Crippen LogP contribution in [0.1, 0.15) is 35.7 Å². The highest BCUT2D eigenvalue weighted by Gasteiger charge is 2.29. The lowest BCUT2D eigenvalue weighted by Crippen LogP contribution is -2.43. The van der Waals surface area contributed by atoms with Crippen molar-refractivity contribution in [3.05, 3.63) is 64.7 Å². The van der Waals surface area contributed by atoms with Gasteiger partial charge in [0.25, 0.3) is 11.5 Å². The number of carbonyl (C=O) groups is 3. The molecule has 9 heteroatoms. The van der Waals surface area contributed by atoms with Gasteiger partial charge in [0, 0.05) is 11.7 Å². The van der Waals surface area contributed by atoms with Gasteiger partial charge in [-0.15, -0.1) is 0 Å². The Labute approximate surface area is 176 Å². The first kappa shape index (κ1) is 19.0. The third-order valence-electron chi connectivity index (χ3n) is 5.45. The van der Waals surface area contributed by atoms with E-state index in [0.29, 0.717) is 27.8 Å². The molecule has 2 aromatic carbocycles. The molecule has 3 N–H and O–H groups in total. The molecule has 0 saturated heterocycles. The lowest BCUT2D eigenvalue weighted by atomic mass is 10.1. The van der Waals surface area contributed by atoms with Crippen LogP contribution >= 0.6 is 0 Å². The maximum Gasteiger partial charge on any atom is 0.261 e. The Kier molecular flexibility index (Phi) is 4.50. The number of para-hydroxylation sites is 1. The van der Waals surface area contributed by atoms with E-state index in [1.807, 2.05) is 0 Å². The highest BCUT2D eigenvalue weighted by Crippen LogP contribution is 2.33. The average Bonchev–Trinajstić information content (AvgIpc) is 3.59. The summed E-state index contributed by atoms with van der Waals surface area (Å²) in [5.74, 6) is -1.36. The summed E-state index contributed by atoms with van der Waals surface area (Å²) in [6, 6.07) is 10.7. The van der Waals surface area contributed by atoms with Crippen LogP contribution in [0.5, 0.6) is 0 Å². The molecule has 156 valence electrons. The van der Waals surface area contributed by atoms with E-state index in [9.17, 15) is 19.2 Å². The van der Waals surface area contributed by atoms with Gasteiger partial charge in [0.15, 0.2) is 0 Å². The van der Waals surface area contributed by atoms with E-state index < -0.39 is 23.8 Å². The van der Waals surface area contributed by atoms with Crippen molar-refractivity contribution in [2.24, 2.45) is 0 Å². The van der Waals surface area contributed by atoms with Gasteiger partial charge in [-0.05, 0) is 43.2 Å². The second kappa shape index (κ2) is 7.35. The maximum atomic E-state index is 12.7. The van der Waals surface area contributed by atoms with E-state index in [0.717, 1.165) is 12.8 Å². The minimum Gasteiger partial charge on any atom is -0.340 e. The van der Waals surface area contributed by atoms with Crippen LogP contribution in [0.25, 0.3) is 10.9 Å². The van der Waals surface area contributed by atoms with Gasteiger partial charge in [0.1, 0.15) is 6.04 Å². The monoisotopic (exact) mass is 417 g/mol. The Balaban J connectivity index is 1.33. The van der Waals surface area contributed by atoms with Crippen molar-refractivity contribution >= 4 is 40.0 Å². The number of rotatable bonds is 4. The van der Waals surface area contributed by atoms with Crippen molar-refractivity contribution in [1.82, 2.24) is 14.9 Å². The number of hydrogen-bond acceptors (Lipinski definition) is 5. The lowest BCUT2D eigenvalue weighted by Gasteiger charge is -2.14. The highest BCUT2D eigenvalue weighted by atomic mass is 16.2. The van der Waals surface area contributed by atoms with Crippen LogP contribution in [0.15, 0.2) is 53.6 Å². The number of nitrogens with one attached hydrogen (secondary N) is 3. The number of hydrogen-bond donors (Lipinski definition) is 3. The molecule has 9 nitrogen and oxygen atoms in total. The van der Waals surface area contributed by atoms with E-state index in [1.54, 1.807) is 53.4 Å². The van der Waals surface area contributed by atoms with Crippen LogP contribution in [-0.2, 0) is 9.59 Å². The molecular formula is C22H19N5O4. The number of nitrogens with zero attached hydrogens (tertiary/aromatic N) is 2. The summed E-state index contributed by atoms with van der Waals surface area (Å²) in [7, 11) is 0. The fourth-order valence-corrected chi connectivity index (χ4v) is 3.68. The molecule has 3 aromatic rings. The van der Waals surface area contributed by atoms with Gasteiger partial charge >= 0.3 is 0 Å². The van der Waals surface area contributed by atoms with Crippen LogP contribution in [0.3, 0.4) is 0 Å². The fourth-order valence-electron chi connectivity index (χ4n) is 3.68. The SMILES string of the molecule is O=C(C[C@@H]1NC(=O)c2ccccc2NC1=O)Nc1ccc2ncn(C3CC3)c(=O)c2c1. The van der Waals surface area contributed by atoms with Crippen LogP contribution in [0, 0.1) is 0 Å².